The van der Waals surface area contributed by atoms with E-state index in [9.17, 15) is 14.4 Å². The first-order chi connectivity index (χ1) is 38.5. The molecular weight excluding hydrogens is 961 g/mol. The molecule has 0 heterocycles. The van der Waals surface area contributed by atoms with Crippen molar-refractivity contribution in [2.45, 2.75) is 354 Å². The van der Waals surface area contributed by atoms with Gasteiger partial charge in [-0.05, 0) is 89.9 Å². The number of allylic oxidation sites excluding steroid dienone is 12. The van der Waals surface area contributed by atoms with Crippen LogP contribution in [0.25, 0.3) is 0 Å². The van der Waals surface area contributed by atoms with Crippen molar-refractivity contribution in [1.29, 1.82) is 0 Å². The predicted molar refractivity (Wildman–Crippen MR) is 339 cm³/mol. The van der Waals surface area contributed by atoms with Crippen LogP contribution in [0, 0.1) is 0 Å². The van der Waals surface area contributed by atoms with Crippen molar-refractivity contribution in [2.75, 3.05) is 13.2 Å². The van der Waals surface area contributed by atoms with Crippen molar-refractivity contribution in [2.24, 2.45) is 0 Å². The first kappa shape index (κ1) is 74.8. The van der Waals surface area contributed by atoms with Crippen LogP contribution >= 0.6 is 0 Å². The second kappa shape index (κ2) is 66.4. The minimum absolute atomic E-state index is 0.0731. The Morgan fingerprint density at radius 3 is 0.782 bits per heavy atom. The molecule has 6 nitrogen and oxygen atoms in total. The molecule has 0 bridgehead atoms. The monoisotopic (exact) mass is 1090 g/mol. The van der Waals surface area contributed by atoms with Crippen molar-refractivity contribution in [3.8, 4) is 0 Å². The summed E-state index contributed by atoms with van der Waals surface area (Å²) < 4.78 is 16.9. The zero-order chi connectivity index (χ0) is 56.4. The van der Waals surface area contributed by atoms with Crippen molar-refractivity contribution in [3.05, 3.63) is 72.9 Å². The van der Waals surface area contributed by atoms with E-state index in [1.54, 1.807) is 0 Å². The normalized spacial score (nSPS) is 12.5. The number of hydrogen-bond donors (Lipinski definition) is 0. The molecule has 0 aliphatic rings. The molecule has 0 aromatic rings. The molecule has 0 rings (SSSR count). The van der Waals surface area contributed by atoms with Gasteiger partial charge in [0.05, 0.1) is 0 Å². The Morgan fingerprint density at radius 2 is 0.500 bits per heavy atom. The van der Waals surface area contributed by atoms with Gasteiger partial charge in [-0.25, -0.2) is 0 Å². The summed E-state index contributed by atoms with van der Waals surface area (Å²) >= 11 is 0. The lowest BCUT2D eigenvalue weighted by Crippen LogP contribution is -2.30. The van der Waals surface area contributed by atoms with Gasteiger partial charge in [-0.2, -0.15) is 0 Å². The Hall–Kier alpha value is -3.15. The summed E-state index contributed by atoms with van der Waals surface area (Å²) in [5.74, 6) is -0.861. The minimum atomic E-state index is -0.776. The van der Waals surface area contributed by atoms with Gasteiger partial charge in [0.1, 0.15) is 13.2 Å². The maximum atomic E-state index is 12.9. The standard InChI is InChI=1S/C72H128O6/c1-4-7-10-13-16-19-22-24-26-28-30-32-34-35-36-37-39-40-42-44-46-48-50-53-56-59-62-65-71(74)77-68-69(67-76-70(73)64-61-58-55-52-21-18-15-12-9-6-3)78-72(75)66-63-60-57-54-51-49-47-45-43-41-38-33-31-29-27-25-23-20-17-14-11-8-5-2/h8,11,17,20,22,24-25,27-28,30-31,33,69H,4-7,9-10,12-16,18-19,21,23,26,29,32,34-68H2,1-3H3/b11-8-,20-17-,24-22-,27-25-,30-28-,33-31-. The third-order valence-electron chi connectivity index (χ3n) is 14.9. The van der Waals surface area contributed by atoms with Gasteiger partial charge in [0, 0.05) is 19.3 Å². The lowest BCUT2D eigenvalue weighted by Gasteiger charge is -2.18. The number of ether oxygens (including phenoxy) is 3. The highest BCUT2D eigenvalue weighted by atomic mass is 16.6. The number of unbranched alkanes of at least 4 members (excludes halogenated alkanes) is 39. The zero-order valence-corrected chi connectivity index (χ0v) is 51.9. The predicted octanol–water partition coefficient (Wildman–Crippen LogP) is 23.3. The SMILES string of the molecule is CC/C=C\C/C=C\C/C=C\C/C=C\CCCCCCCCCCCCC(=O)OC(COC(=O)CCCCCCCCCCCC)COC(=O)CCCCCCCCCCCCCCCCC/C=C\C/C=C\CCCCCCC. The van der Waals surface area contributed by atoms with Crippen LogP contribution in [0.2, 0.25) is 0 Å². The van der Waals surface area contributed by atoms with Crippen LogP contribution in [0.15, 0.2) is 72.9 Å². The lowest BCUT2D eigenvalue weighted by molar-refractivity contribution is -0.167. The molecular formula is C72H128O6. The highest BCUT2D eigenvalue weighted by molar-refractivity contribution is 5.71. The van der Waals surface area contributed by atoms with E-state index in [0.717, 1.165) is 89.9 Å². The molecule has 78 heavy (non-hydrogen) atoms. The van der Waals surface area contributed by atoms with Gasteiger partial charge >= 0.3 is 17.9 Å². The second-order valence-electron chi connectivity index (χ2n) is 22.7. The van der Waals surface area contributed by atoms with E-state index in [0.29, 0.717) is 19.3 Å². The Kier molecular flexibility index (Phi) is 63.7. The average Bonchev–Trinajstić information content (AvgIpc) is 3.44. The molecule has 0 saturated carbocycles. The molecule has 0 radical (unpaired) electrons. The van der Waals surface area contributed by atoms with E-state index in [-0.39, 0.29) is 31.1 Å². The van der Waals surface area contributed by atoms with Crippen LogP contribution in [-0.4, -0.2) is 37.2 Å². The molecule has 0 fully saturated rings. The molecule has 6 heteroatoms. The van der Waals surface area contributed by atoms with Crippen LogP contribution in [-0.2, 0) is 28.6 Å². The third kappa shape index (κ3) is 63.7. The maximum Gasteiger partial charge on any atom is 0.306 e. The Balaban J connectivity index is 4.19. The summed E-state index contributed by atoms with van der Waals surface area (Å²) in [6, 6.07) is 0. The molecule has 0 saturated heterocycles. The van der Waals surface area contributed by atoms with E-state index in [1.165, 1.54) is 218 Å². The maximum absolute atomic E-state index is 12.9. The van der Waals surface area contributed by atoms with Crippen LogP contribution < -0.4 is 0 Å². The minimum Gasteiger partial charge on any atom is -0.462 e. The zero-order valence-electron chi connectivity index (χ0n) is 51.9. The van der Waals surface area contributed by atoms with Gasteiger partial charge in [0.2, 0.25) is 0 Å². The molecule has 0 aliphatic heterocycles. The quantitative estimate of drug-likeness (QED) is 0.0261. The topological polar surface area (TPSA) is 78.9 Å². The van der Waals surface area contributed by atoms with E-state index in [1.807, 2.05) is 0 Å². The van der Waals surface area contributed by atoms with Gasteiger partial charge in [0.15, 0.2) is 6.10 Å². The molecule has 1 unspecified atom stereocenters. The average molecular weight is 1090 g/mol. The first-order valence-electron chi connectivity index (χ1n) is 33.9. The summed E-state index contributed by atoms with van der Waals surface area (Å²) in [6.07, 6.45) is 86.4. The van der Waals surface area contributed by atoms with Crippen molar-refractivity contribution in [1.82, 2.24) is 0 Å². The van der Waals surface area contributed by atoms with Gasteiger partial charge in [-0.15, -0.1) is 0 Å². The van der Waals surface area contributed by atoms with Crippen LogP contribution in [0.3, 0.4) is 0 Å². The number of carbonyl (C=O) groups is 3. The Bertz CT molecular complexity index is 1440. The lowest BCUT2D eigenvalue weighted by atomic mass is 10.0. The molecule has 1 atom stereocenters. The van der Waals surface area contributed by atoms with E-state index < -0.39 is 6.10 Å². The van der Waals surface area contributed by atoms with E-state index >= 15 is 0 Å². The van der Waals surface area contributed by atoms with E-state index in [4.69, 9.17) is 14.2 Å². The summed E-state index contributed by atoms with van der Waals surface area (Å²) in [7, 11) is 0. The molecule has 0 aromatic carbocycles. The van der Waals surface area contributed by atoms with Gasteiger partial charge in [0.25, 0.3) is 0 Å². The summed E-state index contributed by atoms with van der Waals surface area (Å²) in [5.41, 5.74) is 0. The van der Waals surface area contributed by atoms with Crippen molar-refractivity contribution >= 4 is 17.9 Å². The number of rotatable bonds is 62. The third-order valence-corrected chi connectivity index (χ3v) is 14.9. The summed E-state index contributed by atoms with van der Waals surface area (Å²) in [5, 5.41) is 0. The van der Waals surface area contributed by atoms with Crippen molar-refractivity contribution < 1.29 is 28.6 Å². The fourth-order valence-corrected chi connectivity index (χ4v) is 9.88. The highest BCUT2D eigenvalue weighted by Crippen LogP contribution is 2.17. The van der Waals surface area contributed by atoms with Crippen molar-refractivity contribution in [3.63, 3.8) is 0 Å². The molecule has 0 aromatic heterocycles. The van der Waals surface area contributed by atoms with Gasteiger partial charge in [-0.1, -0.05) is 312 Å². The smallest absolute Gasteiger partial charge is 0.306 e. The number of esters is 3. The fourth-order valence-electron chi connectivity index (χ4n) is 9.88. The first-order valence-corrected chi connectivity index (χ1v) is 33.9. The Labute approximate surface area is 484 Å². The van der Waals surface area contributed by atoms with Crippen LogP contribution in [0.4, 0.5) is 0 Å². The second-order valence-corrected chi connectivity index (χ2v) is 22.7. The van der Waals surface area contributed by atoms with Crippen LogP contribution in [0.1, 0.15) is 348 Å². The van der Waals surface area contributed by atoms with Gasteiger partial charge in [-0.3, -0.25) is 14.4 Å². The highest BCUT2D eigenvalue weighted by Gasteiger charge is 2.19. The molecule has 0 spiro atoms. The van der Waals surface area contributed by atoms with Crippen LogP contribution in [0.5, 0.6) is 0 Å². The number of carbonyl (C=O) groups excluding carboxylic acids is 3. The summed E-state index contributed by atoms with van der Waals surface area (Å²) in [6.45, 7) is 6.55. The molecule has 0 aliphatic carbocycles. The Morgan fingerprint density at radius 1 is 0.269 bits per heavy atom. The largest absolute Gasteiger partial charge is 0.462 e. The fraction of sp³-hybridized carbons (Fsp3) is 0.792. The molecule has 0 amide bonds. The molecule has 0 N–H and O–H groups in total. The number of hydrogen-bond acceptors (Lipinski definition) is 6. The van der Waals surface area contributed by atoms with E-state index in [2.05, 4.69) is 93.7 Å². The van der Waals surface area contributed by atoms with Gasteiger partial charge < -0.3 is 14.2 Å². The summed E-state index contributed by atoms with van der Waals surface area (Å²) in [4.78, 5) is 38.3. The molecule has 452 valence electrons.